The second kappa shape index (κ2) is 11.2. The summed E-state index contributed by atoms with van der Waals surface area (Å²) in [6.07, 6.45) is 5.00. The number of carbonyl (C=O) groups excluding carboxylic acids is 2. The van der Waals surface area contributed by atoms with Crippen molar-refractivity contribution in [3.63, 3.8) is 0 Å². The maximum Gasteiger partial charge on any atom is 0.283 e. The average molecular weight is 425 g/mol. The Morgan fingerprint density at radius 1 is 1.16 bits per heavy atom. The van der Waals surface area contributed by atoms with Crippen LogP contribution in [0.1, 0.15) is 59.8 Å². The fraction of sp³-hybridized carbons (Fsp3) is 0.391. The minimum atomic E-state index is -0.594. The molecule has 0 spiro atoms. The SMILES string of the molecule is O=Cc1c(OCCCCCCC(=O)NC2NCCc3ccccc32)cccc1[N+](=O)[O-]. The van der Waals surface area contributed by atoms with Crippen LogP contribution in [0.3, 0.4) is 0 Å². The zero-order valence-electron chi connectivity index (χ0n) is 17.3. The third-order valence-corrected chi connectivity index (χ3v) is 5.33. The number of ether oxygens (including phenoxy) is 1. The van der Waals surface area contributed by atoms with E-state index in [0.29, 0.717) is 19.3 Å². The number of amides is 1. The number of fused-ring (bicyclic) bond motifs is 1. The van der Waals surface area contributed by atoms with Crippen LogP contribution in [0.2, 0.25) is 0 Å². The van der Waals surface area contributed by atoms with Crippen LogP contribution < -0.4 is 15.4 Å². The molecule has 0 fully saturated rings. The van der Waals surface area contributed by atoms with Crippen molar-refractivity contribution in [2.45, 2.75) is 44.7 Å². The summed E-state index contributed by atoms with van der Waals surface area (Å²) in [5, 5.41) is 17.4. The molecule has 1 heterocycles. The Bertz CT molecular complexity index is 931. The Kier molecular flexibility index (Phi) is 8.12. The third-order valence-electron chi connectivity index (χ3n) is 5.33. The molecular weight excluding hydrogens is 398 g/mol. The molecule has 8 heteroatoms. The van der Waals surface area contributed by atoms with Gasteiger partial charge in [0.05, 0.1) is 11.5 Å². The van der Waals surface area contributed by atoms with Crippen LogP contribution in [-0.2, 0) is 11.2 Å². The molecule has 31 heavy (non-hydrogen) atoms. The summed E-state index contributed by atoms with van der Waals surface area (Å²) >= 11 is 0. The van der Waals surface area contributed by atoms with Crippen LogP contribution in [-0.4, -0.2) is 30.3 Å². The zero-order chi connectivity index (χ0) is 22.1. The first kappa shape index (κ1) is 22.4. The van der Waals surface area contributed by atoms with Gasteiger partial charge in [0.25, 0.3) is 5.69 Å². The molecule has 164 valence electrons. The lowest BCUT2D eigenvalue weighted by molar-refractivity contribution is -0.385. The molecule has 2 aromatic rings. The Morgan fingerprint density at radius 2 is 1.97 bits per heavy atom. The Hall–Kier alpha value is -3.26. The highest BCUT2D eigenvalue weighted by Crippen LogP contribution is 2.26. The molecule has 8 nitrogen and oxygen atoms in total. The summed E-state index contributed by atoms with van der Waals surface area (Å²) in [6, 6.07) is 12.5. The van der Waals surface area contributed by atoms with Crippen molar-refractivity contribution < 1.29 is 19.2 Å². The molecule has 0 aromatic heterocycles. The first-order valence-electron chi connectivity index (χ1n) is 10.6. The topological polar surface area (TPSA) is 111 Å². The number of hydrogen-bond acceptors (Lipinski definition) is 6. The summed E-state index contributed by atoms with van der Waals surface area (Å²) in [5.74, 6) is 0.251. The van der Waals surface area contributed by atoms with E-state index in [-0.39, 0.29) is 29.1 Å². The standard InChI is InChI=1S/C23H27N3O5/c27-16-19-20(26(29)30)10-7-11-21(19)31-15-6-2-1-3-12-22(28)25-23-18-9-5-4-8-17(18)13-14-24-23/h4-5,7-11,16,23-24H,1-3,6,12-15H2,(H,25,28). The highest BCUT2D eigenvalue weighted by atomic mass is 16.6. The molecule has 0 saturated carbocycles. The van der Waals surface area contributed by atoms with Crippen molar-refractivity contribution in [1.29, 1.82) is 0 Å². The van der Waals surface area contributed by atoms with Gasteiger partial charge in [-0.05, 0) is 36.5 Å². The van der Waals surface area contributed by atoms with Gasteiger partial charge in [-0.25, -0.2) is 0 Å². The fourth-order valence-corrected chi connectivity index (χ4v) is 3.73. The van der Waals surface area contributed by atoms with Crippen LogP contribution in [0.4, 0.5) is 5.69 Å². The van der Waals surface area contributed by atoms with Gasteiger partial charge in [0.15, 0.2) is 6.29 Å². The molecule has 3 rings (SSSR count). The second-order valence-electron chi connectivity index (χ2n) is 7.48. The minimum Gasteiger partial charge on any atom is -0.493 e. The van der Waals surface area contributed by atoms with E-state index in [1.165, 1.54) is 17.7 Å². The fourth-order valence-electron chi connectivity index (χ4n) is 3.73. The number of aldehydes is 1. The van der Waals surface area contributed by atoms with Crippen molar-refractivity contribution >= 4 is 17.9 Å². The maximum absolute atomic E-state index is 12.3. The van der Waals surface area contributed by atoms with E-state index in [2.05, 4.69) is 16.7 Å². The number of carbonyl (C=O) groups is 2. The molecule has 2 aromatic carbocycles. The van der Waals surface area contributed by atoms with E-state index in [1.807, 2.05) is 18.2 Å². The van der Waals surface area contributed by atoms with Crippen molar-refractivity contribution in [2.24, 2.45) is 0 Å². The van der Waals surface area contributed by atoms with E-state index in [0.717, 1.165) is 44.2 Å². The monoisotopic (exact) mass is 425 g/mol. The van der Waals surface area contributed by atoms with Gasteiger partial charge >= 0.3 is 0 Å². The molecule has 1 atom stereocenters. The molecular formula is C23H27N3O5. The van der Waals surface area contributed by atoms with Gasteiger partial charge in [0.2, 0.25) is 5.91 Å². The van der Waals surface area contributed by atoms with Gasteiger partial charge in [-0.3, -0.25) is 25.0 Å². The first-order chi connectivity index (χ1) is 15.1. The summed E-state index contributed by atoms with van der Waals surface area (Å²) < 4.78 is 5.56. The summed E-state index contributed by atoms with van der Waals surface area (Å²) in [5.41, 5.74) is 2.11. The van der Waals surface area contributed by atoms with Gasteiger partial charge < -0.3 is 10.1 Å². The lowest BCUT2D eigenvalue weighted by atomic mass is 9.98. The predicted octanol–water partition coefficient (Wildman–Crippen LogP) is 3.70. The molecule has 0 saturated heterocycles. The van der Waals surface area contributed by atoms with Gasteiger partial charge in [0, 0.05) is 19.0 Å². The normalized spacial score (nSPS) is 15.0. The van der Waals surface area contributed by atoms with Gasteiger partial charge in [0.1, 0.15) is 17.5 Å². The van der Waals surface area contributed by atoms with Crippen LogP contribution in [0.25, 0.3) is 0 Å². The van der Waals surface area contributed by atoms with Crippen molar-refractivity contribution in [3.05, 3.63) is 69.3 Å². The molecule has 0 radical (unpaired) electrons. The van der Waals surface area contributed by atoms with E-state index >= 15 is 0 Å². The van der Waals surface area contributed by atoms with Gasteiger partial charge in [-0.15, -0.1) is 0 Å². The number of nitro groups is 1. The lowest BCUT2D eigenvalue weighted by Crippen LogP contribution is -2.42. The number of nitrogens with one attached hydrogen (secondary N) is 2. The molecule has 1 aliphatic rings. The molecule has 2 N–H and O–H groups in total. The molecule has 1 aliphatic heterocycles. The van der Waals surface area contributed by atoms with Crippen molar-refractivity contribution in [2.75, 3.05) is 13.2 Å². The maximum atomic E-state index is 12.3. The zero-order valence-corrected chi connectivity index (χ0v) is 17.3. The van der Waals surface area contributed by atoms with Crippen LogP contribution in [0.5, 0.6) is 5.75 Å². The highest BCUT2D eigenvalue weighted by Gasteiger charge is 2.20. The second-order valence-corrected chi connectivity index (χ2v) is 7.48. The van der Waals surface area contributed by atoms with E-state index < -0.39 is 4.92 Å². The summed E-state index contributed by atoms with van der Waals surface area (Å²) in [6.45, 7) is 1.20. The van der Waals surface area contributed by atoms with Gasteiger partial charge in [-0.1, -0.05) is 43.2 Å². The van der Waals surface area contributed by atoms with Gasteiger partial charge in [-0.2, -0.15) is 0 Å². The van der Waals surface area contributed by atoms with Crippen LogP contribution >= 0.6 is 0 Å². The van der Waals surface area contributed by atoms with Crippen molar-refractivity contribution in [3.8, 4) is 5.75 Å². The number of nitro benzene ring substituents is 1. The molecule has 0 bridgehead atoms. The molecule has 1 unspecified atom stereocenters. The first-order valence-corrected chi connectivity index (χ1v) is 10.6. The smallest absolute Gasteiger partial charge is 0.283 e. The summed E-state index contributed by atoms with van der Waals surface area (Å²) in [4.78, 5) is 33.8. The Labute approximate surface area is 181 Å². The Morgan fingerprint density at radius 3 is 2.77 bits per heavy atom. The van der Waals surface area contributed by atoms with E-state index in [4.69, 9.17) is 4.74 Å². The lowest BCUT2D eigenvalue weighted by Gasteiger charge is -2.27. The molecule has 1 amide bonds. The van der Waals surface area contributed by atoms with E-state index in [1.54, 1.807) is 6.07 Å². The molecule has 0 aliphatic carbocycles. The minimum absolute atomic E-state index is 0.0256. The number of nitrogens with zero attached hydrogens (tertiary/aromatic N) is 1. The quantitative estimate of drug-likeness (QED) is 0.246. The van der Waals surface area contributed by atoms with E-state index in [9.17, 15) is 19.7 Å². The average Bonchev–Trinajstić information content (AvgIpc) is 2.78. The highest BCUT2D eigenvalue weighted by molar-refractivity contribution is 5.85. The largest absolute Gasteiger partial charge is 0.493 e. The van der Waals surface area contributed by atoms with Crippen molar-refractivity contribution in [1.82, 2.24) is 10.6 Å². The predicted molar refractivity (Wildman–Crippen MR) is 116 cm³/mol. The van der Waals surface area contributed by atoms with Crippen LogP contribution in [0, 0.1) is 10.1 Å². The number of hydrogen-bond donors (Lipinski definition) is 2. The number of unbranched alkanes of at least 4 members (excludes halogenated alkanes) is 3. The Balaban J connectivity index is 1.34. The van der Waals surface area contributed by atoms with Crippen LogP contribution in [0.15, 0.2) is 42.5 Å². The number of benzene rings is 2. The summed E-state index contributed by atoms with van der Waals surface area (Å²) in [7, 11) is 0. The number of rotatable bonds is 11. The third kappa shape index (κ3) is 6.11.